The fraction of sp³-hybridized carbons (Fsp3) is 0.0333. The van der Waals surface area contributed by atoms with Crippen molar-refractivity contribution in [3.63, 3.8) is 0 Å². The van der Waals surface area contributed by atoms with Crippen molar-refractivity contribution < 1.29 is 9.13 Å². The molecule has 0 radical (unpaired) electrons. The van der Waals surface area contributed by atoms with Gasteiger partial charge in [0.25, 0.3) is 0 Å². The normalized spacial score (nSPS) is 12.5. The molecule has 0 amide bonds. The van der Waals surface area contributed by atoms with Gasteiger partial charge in [-0.05, 0) is 66.0 Å². The summed E-state index contributed by atoms with van der Waals surface area (Å²) >= 11 is 5.95. The highest BCUT2D eigenvalue weighted by molar-refractivity contribution is 7.78. The van der Waals surface area contributed by atoms with E-state index in [9.17, 15) is 9.13 Å². The van der Waals surface area contributed by atoms with Crippen molar-refractivity contribution in [3.8, 4) is 22.8 Å². The maximum absolute atomic E-state index is 13.5. The van der Waals surface area contributed by atoms with Gasteiger partial charge in [0.05, 0.1) is 43.4 Å². The molecule has 350 valence electrons. The minimum atomic E-state index is -2.76. The topological polar surface area (TPSA) is 120 Å². The Labute approximate surface area is 424 Å². The molecule has 6 heterocycles. The van der Waals surface area contributed by atoms with Crippen LogP contribution in [0.3, 0.4) is 0 Å². The second-order valence-corrected chi connectivity index (χ2v) is 22.5. The third kappa shape index (κ3) is 8.35. The summed E-state index contributed by atoms with van der Waals surface area (Å²) in [4.78, 5) is 27.9. The molecule has 2 unspecified atom stereocenters. The molecular formula is C60H42ClN8O2P2+. The Morgan fingerprint density at radius 3 is 1.32 bits per heavy atom. The number of fused-ring (bicyclic) bond motifs is 16. The maximum Gasteiger partial charge on any atom is 0.373 e. The number of hydrogen-bond acceptors (Lipinski definition) is 8. The Balaban J connectivity index is 0.000000130. The molecule has 0 spiro atoms. The zero-order valence-electron chi connectivity index (χ0n) is 39.5. The number of hydrogen-bond donors (Lipinski definition) is 0. The van der Waals surface area contributed by atoms with Crippen LogP contribution in [0.4, 0.5) is 0 Å². The fourth-order valence-electron chi connectivity index (χ4n) is 9.55. The zero-order valence-corrected chi connectivity index (χ0v) is 42.0. The molecule has 14 aromatic rings. The SMILES string of the molecule is CP(=O)(c1ccccc1)c1cnc(-c2ccc3c4ccccc4c4nc5ccccc5n4c3c2)nc1.C[P+](=O)c1ccccc1.Clc1cnc(-c2ccc3c4ccccc4c4nc5ccccc5n4c3c2)nc1. The molecule has 0 fully saturated rings. The summed E-state index contributed by atoms with van der Waals surface area (Å²) < 4.78 is 28.8. The summed E-state index contributed by atoms with van der Waals surface area (Å²) in [5.41, 5.74) is 9.95. The molecule has 0 aliphatic rings. The summed E-state index contributed by atoms with van der Waals surface area (Å²) in [6.45, 7) is 3.48. The molecule has 0 N–H and O–H groups in total. The van der Waals surface area contributed by atoms with Crippen LogP contribution in [0.2, 0.25) is 5.02 Å². The highest BCUT2D eigenvalue weighted by atomic mass is 35.5. The summed E-state index contributed by atoms with van der Waals surface area (Å²) in [6.07, 6.45) is 6.64. The standard InChI is InChI=1S/C30H21N4OP.C23H13ClN4.C7H8OP/c1-36(35,21-9-3-2-4-10-21)22-18-31-29(32-19-22)20-15-16-24-23-11-5-6-12-25(23)30-33-26-13-7-8-14-27(26)34(30)28(24)17-20;24-15-12-25-22(26-13-15)14-9-10-17-16-5-1-2-6-18(16)23-27-19-7-3-4-8-20(19)28(23)21(17)11-14;1-9(8)7-5-3-2-4-6-7/h2-19H,1H3;1-13H;2-6H,1H3/q;;+1. The van der Waals surface area contributed by atoms with Crippen molar-refractivity contribution in [2.24, 2.45) is 0 Å². The van der Waals surface area contributed by atoms with Crippen molar-refractivity contribution in [2.75, 3.05) is 13.3 Å². The molecule has 0 aliphatic heterocycles. The first-order valence-corrected chi connectivity index (χ1v) is 27.8. The first-order chi connectivity index (χ1) is 35.7. The van der Waals surface area contributed by atoms with Gasteiger partial charge in [0.15, 0.2) is 17.0 Å². The summed E-state index contributed by atoms with van der Waals surface area (Å²) in [7, 11) is -3.91. The highest BCUT2D eigenvalue weighted by Gasteiger charge is 2.23. The zero-order chi connectivity index (χ0) is 49.6. The largest absolute Gasteiger partial charge is 0.373 e. The van der Waals surface area contributed by atoms with Crippen molar-refractivity contribution in [1.82, 2.24) is 38.7 Å². The molecule has 8 aromatic carbocycles. The van der Waals surface area contributed by atoms with Gasteiger partial charge in [0.1, 0.15) is 25.1 Å². The molecule has 0 aliphatic carbocycles. The fourth-order valence-corrected chi connectivity index (χ4v) is 11.8. The van der Waals surface area contributed by atoms with Gasteiger partial charge >= 0.3 is 7.80 Å². The average Bonchev–Trinajstić information content (AvgIpc) is 4.05. The number of aromatic nitrogens is 8. The molecule has 6 aromatic heterocycles. The van der Waals surface area contributed by atoms with E-state index >= 15 is 0 Å². The number of imidazole rings is 2. The Kier molecular flexibility index (Phi) is 11.8. The molecule has 73 heavy (non-hydrogen) atoms. The van der Waals surface area contributed by atoms with Crippen LogP contribution in [0, 0.1) is 0 Å². The Morgan fingerprint density at radius 1 is 0.438 bits per heavy atom. The smallest absolute Gasteiger partial charge is 0.314 e. The molecule has 0 saturated carbocycles. The van der Waals surface area contributed by atoms with Crippen LogP contribution in [-0.2, 0) is 9.13 Å². The number of para-hydroxylation sites is 4. The van der Waals surface area contributed by atoms with E-state index in [1.807, 2.05) is 91.0 Å². The lowest BCUT2D eigenvalue weighted by molar-refractivity contribution is 0.590. The summed E-state index contributed by atoms with van der Waals surface area (Å²) in [5.74, 6) is 1.25. The van der Waals surface area contributed by atoms with Crippen molar-refractivity contribution in [1.29, 1.82) is 0 Å². The van der Waals surface area contributed by atoms with Crippen LogP contribution >= 0.6 is 26.5 Å². The van der Waals surface area contributed by atoms with Gasteiger partial charge < -0.3 is 4.57 Å². The second-order valence-electron chi connectivity index (χ2n) is 17.7. The molecular weight excluding hydrogens is 962 g/mol. The molecule has 10 nitrogen and oxygen atoms in total. The maximum atomic E-state index is 13.5. The van der Waals surface area contributed by atoms with E-state index in [-0.39, 0.29) is 0 Å². The van der Waals surface area contributed by atoms with Crippen molar-refractivity contribution in [3.05, 3.63) is 224 Å². The molecule has 2 atom stereocenters. The van der Waals surface area contributed by atoms with Crippen LogP contribution in [0.5, 0.6) is 0 Å². The molecule has 14 rings (SSSR count). The quantitative estimate of drug-likeness (QED) is 0.123. The predicted molar refractivity (Wildman–Crippen MR) is 301 cm³/mol. The van der Waals surface area contributed by atoms with Crippen LogP contribution in [0.25, 0.3) is 99.5 Å². The van der Waals surface area contributed by atoms with Crippen LogP contribution in [0.1, 0.15) is 0 Å². The first-order valence-electron chi connectivity index (χ1n) is 23.5. The van der Waals surface area contributed by atoms with Crippen molar-refractivity contribution >= 4 is 119 Å². The van der Waals surface area contributed by atoms with E-state index in [1.54, 1.807) is 38.1 Å². The minimum absolute atomic E-state index is 0.526. The Hall–Kier alpha value is -8.52. The van der Waals surface area contributed by atoms with E-state index in [0.29, 0.717) is 22.0 Å². The number of nitrogens with zero attached hydrogens (tertiary/aromatic N) is 8. The van der Waals surface area contributed by atoms with E-state index in [2.05, 4.69) is 132 Å². The van der Waals surface area contributed by atoms with E-state index in [0.717, 1.165) is 87.7 Å². The number of rotatable bonds is 5. The van der Waals surface area contributed by atoms with E-state index in [4.69, 9.17) is 21.6 Å². The molecule has 0 bridgehead atoms. The highest BCUT2D eigenvalue weighted by Crippen LogP contribution is 2.39. The first kappa shape index (κ1) is 45.6. The number of benzene rings is 8. The van der Waals surface area contributed by atoms with E-state index < -0.39 is 14.9 Å². The minimum Gasteiger partial charge on any atom is -0.314 e. The van der Waals surface area contributed by atoms with Gasteiger partial charge in [0, 0.05) is 62.8 Å². The Bertz CT molecular complexity index is 4470. The average molecular weight is 1000 g/mol. The number of pyridine rings is 2. The number of halogens is 1. The van der Waals surface area contributed by atoms with E-state index in [1.165, 1.54) is 10.8 Å². The summed E-state index contributed by atoms with van der Waals surface area (Å²) in [6, 6.07) is 64.8. The Morgan fingerprint density at radius 2 is 0.849 bits per heavy atom. The lowest BCUT2D eigenvalue weighted by Crippen LogP contribution is -2.16. The van der Waals surface area contributed by atoms with Gasteiger partial charge in [-0.25, -0.2) is 29.9 Å². The lowest BCUT2D eigenvalue weighted by atomic mass is 10.0. The van der Waals surface area contributed by atoms with Gasteiger partial charge in [0.2, 0.25) is 0 Å². The lowest BCUT2D eigenvalue weighted by Gasteiger charge is -2.14. The van der Waals surface area contributed by atoms with Crippen LogP contribution < -0.4 is 15.9 Å². The van der Waals surface area contributed by atoms with Gasteiger partial charge in [-0.3, -0.25) is 8.80 Å². The summed E-state index contributed by atoms with van der Waals surface area (Å²) in [5, 5.41) is 9.81. The predicted octanol–water partition coefficient (Wildman–Crippen LogP) is 13.9. The third-order valence-corrected chi connectivity index (χ3v) is 16.9. The van der Waals surface area contributed by atoms with Crippen LogP contribution in [-0.4, -0.2) is 52.0 Å². The second kappa shape index (κ2) is 18.9. The van der Waals surface area contributed by atoms with Gasteiger partial charge in [-0.1, -0.05) is 162 Å². The van der Waals surface area contributed by atoms with Gasteiger partial charge in [-0.2, -0.15) is 0 Å². The van der Waals surface area contributed by atoms with Gasteiger partial charge in [-0.15, -0.1) is 0 Å². The molecule has 0 saturated heterocycles. The van der Waals surface area contributed by atoms with Crippen molar-refractivity contribution in [2.45, 2.75) is 0 Å². The van der Waals surface area contributed by atoms with Crippen LogP contribution in [0.15, 0.2) is 219 Å². The monoisotopic (exact) mass is 1000 g/mol. The molecule has 13 heteroatoms. The third-order valence-electron chi connectivity index (χ3n) is 13.2.